The lowest BCUT2D eigenvalue weighted by atomic mass is 10.0. The Morgan fingerprint density at radius 1 is 1.00 bits per heavy atom. The second-order valence-electron chi connectivity index (χ2n) is 8.30. The van der Waals surface area contributed by atoms with Crippen LogP contribution in [0.15, 0.2) is 65.3 Å². The largest absolute Gasteiger partial charge is 0.367 e. The standard InChI is InChI=1S/C26H26BrN3/c1-18-3-10-25-23(15-18)24-17-29(22-8-6-21(27)7-9-22)13-12-26(24)30(25)14-11-20-5-4-19(2)28-16-20/h3-10,15-16H,11-14,17H2,1-2H3. The lowest BCUT2D eigenvalue weighted by Crippen LogP contribution is -2.31. The molecule has 30 heavy (non-hydrogen) atoms. The summed E-state index contributed by atoms with van der Waals surface area (Å²) in [7, 11) is 0. The number of hydrogen-bond acceptors (Lipinski definition) is 2. The van der Waals surface area contributed by atoms with E-state index in [4.69, 9.17) is 0 Å². The van der Waals surface area contributed by atoms with Crippen molar-refractivity contribution in [3.8, 4) is 0 Å². The first-order valence-electron chi connectivity index (χ1n) is 10.6. The Morgan fingerprint density at radius 3 is 2.60 bits per heavy atom. The minimum atomic E-state index is 0.968. The summed E-state index contributed by atoms with van der Waals surface area (Å²) < 4.78 is 3.69. The number of hydrogen-bond donors (Lipinski definition) is 0. The van der Waals surface area contributed by atoms with E-state index in [1.807, 2.05) is 13.1 Å². The molecule has 0 saturated carbocycles. The van der Waals surface area contributed by atoms with Gasteiger partial charge in [-0.25, -0.2) is 0 Å². The number of benzene rings is 2. The van der Waals surface area contributed by atoms with Gasteiger partial charge in [-0.3, -0.25) is 4.98 Å². The van der Waals surface area contributed by atoms with Crippen LogP contribution in [0.25, 0.3) is 10.9 Å². The summed E-state index contributed by atoms with van der Waals surface area (Å²) in [5, 5.41) is 1.41. The number of fused-ring (bicyclic) bond motifs is 3. The molecule has 0 fully saturated rings. The molecule has 0 aliphatic carbocycles. The van der Waals surface area contributed by atoms with E-state index in [9.17, 15) is 0 Å². The molecule has 0 atom stereocenters. The summed E-state index contributed by atoms with van der Waals surface area (Å²) in [4.78, 5) is 6.98. The maximum atomic E-state index is 4.47. The first-order chi connectivity index (χ1) is 14.6. The van der Waals surface area contributed by atoms with Crippen LogP contribution in [0.2, 0.25) is 0 Å². The molecule has 152 valence electrons. The van der Waals surface area contributed by atoms with E-state index in [1.165, 1.54) is 39.0 Å². The highest BCUT2D eigenvalue weighted by atomic mass is 79.9. The lowest BCUT2D eigenvalue weighted by Gasteiger charge is -2.30. The molecule has 1 aliphatic heterocycles. The van der Waals surface area contributed by atoms with Crippen LogP contribution in [0.1, 0.15) is 28.1 Å². The highest BCUT2D eigenvalue weighted by molar-refractivity contribution is 9.10. The second kappa shape index (κ2) is 7.92. The van der Waals surface area contributed by atoms with Crippen molar-refractivity contribution in [3.63, 3.8) is 0 Å². The molecule has 3 nitrogen and oxygen atoms in total. The third-order valence-corrected chi connectivity index (χ3v) is 6.73. The molecule has 4 aromatic rings. The van der Waals surface area contributed by atoms with Crippen LogP contribution in [-0.4, -0.2) is 16.1 Å². The Bertz CT molecular complexity index is 1190. The molecule has 4 heteroatoms. The molecule has 2 aromatic heterocycles. The Balaban J connectivity index is 1.50. The molecule has 2 aromatic carbocycles. The van der Waals surface area contributed by atoms with E-state index >= 15 is 0 Å². The average Bonchev–Trinajstić information content (AvgIpc) is 3.06. The molecular formula is C26H26BrN3. The van der Waals surface area contributed by atoms with Crippen LogP contribution in [0.4, 0.5) is 5.69 Å². The fourth-order valence-corrected chi connectivity index (χ4v) is 4.84. The predicted octanol–water partition coefficient (Wildman–Crippen LogP) is 6.22. The van der Waals surface area contributed by atoms with Gasteiger partial charge in [0.1, 0.15) is 0 Å². The second-order valence-corrected chi connectivity index (χ2v) is 9.22. The fraction of sp³-hybridized carbons (Fsp3) is 0.269. The number of aryl methyl sites for hydroxylation is 4. The minimum Gasteiger partial charge on any atom is -0.367 e. The molecule has 0 bridgehead atoms. The maximum absolute atomic E-state index is 4.47. The zero-order valence-electron chi connectivity index (χ0n) is 17.5. The van der Waals surface area contributed by atoms with E-state index in [0.29, 0.717) is 0 Å². The molecular weight excluding hydrogens is 434 g/mol. The number of aromatic nitrogens is 2. The Morgan fingerprint density at radius 2 is 1.83 bits per heavy atom. The summed E-state index contributed by atoms with van der Waals surface area (Å²) in [6.45, 7) is 7.25. The normalized spacial score (nSPS) is 13.6. The third kappa shape index (κ3) is 3.65. The van der Waals surface area contributed by atoms with Crippen LogP contribution in [0.5, 0.6) is 0 Å². The van der Waals surface area contributed by atoms with Crippen molar-refractivity contribution in [2.75, 3.05) is 11.4 Å². The van der Waals surface area contributed by atoms with Gasteiger partial charge < -0.3 is 9.47 Å². The van der Waals surface area contributed by atoms with Crippen molar-refractivity contribution in [2.24, 2.45) is 0 Å². The molecule has 5 rings (SSSR count). The van der Waals surface area contributed by atoms with Crippen LogP contribution >= 0.6 is 15.9 Å². The summed E-state index contributed by atoms with van der Waals surface area (Å²) >= 11 is 3.55. The van der Waals surface area contributed by atoms with Crippen molar-refractivity contribution in [1.29, 1.82) is 0 Å². The van der Waals surface area contributed by atoms with Crippen molar-refractivity contribution in [3.05, 3.63) is 93.3 Å². The van der Waals surface area contributed by atoms with E-state index < -0.39 is 0 Å². The van der Waals surface area contributed by atoms with E-state index in [1.54, 1.807) is 0 Å². The van der Waals surface area contributed by atoms with Gasteiger partial charge in [0, 0.05) is 70.3 Å². The zero-order valence-corrected chi connectivity index (χ0v) is 19.1. The summed E-state index contributed by atoms with van der Waals surface area (Å²) in [5.74, 6) is 0. The predicted molar refractivity (Wildman–Crippen MR) is 128 cm³/mol. The van der Waals surface area contributed by atoms with Gasteiger partial charge in [0.05, 0.1) is 0 Å². The van der Waals surface area contributed by atoms with Gasteiger partial charge >= 0.3 is 0 Å². The summed E-state index contributed by atoms with van der Waals surface area (Å²) in [6, 6.07) is 19.9. The minimum absolute atomic E-state index is 0.968. The van der Waals surface area contributed by atoms with Crippen molar-refractivity contribution >= 4 is 32.5 Å². The van der Waals surface area contributed by atoms with Gasteiger partial charge in [0.15, 0.2) is 0 Å². The number of rotatable bonds is 4. The van der Waals surface area contributed by atoms with Crippen molar-refractivity contribution < 1.29 is 0 Å². The molecule has 1 aliphatic rings. The Labute approximate surface area is 186 Å². The average molecular weight is 460 g/mol. The van der Waals surface area contributed by atoms with Crippen LogP contribution in [-0.2, 0) is 25.9 Å². The molecule has 0 spiro atoms. The highest BCUT2D eigenvalue weighted by Gasteiger charge is 2.24. The summed E-state index contributed by atoms with van der Waals surface area (Å²) in [6.07, 6.45) is 4.10. The van der Waals surface area contributed by atoms with Crippen molar-refractivity contribution in [2.45, 2.75) is 39.8 Å². The fourth-order valence-electron chi connectivity index (χ4n) is 4.58. The molecule has 0 saturated heterocycles. The topological polar surface area (TPSA) is 21.1 Å². The Hall–Kier alpha value is -2.59. The van der Waals surface area contributed by atoms with Crippen molar-refractivity contribution in [1.82, 2.24) is 9.55 Å². The van der Waals surface area contributed by atoms with Crippen LogP contribution in [0, 0.1) is 13.8 Å². The van der Waals surface area contributed by atoms with E-state index in [2.05, 4.69) is 91.9 Å². The van der Waals surface area contributed by atoms with Gasteiger partial charge in [-0.2, -0.15) is 0 Å². The summed E-state index contributed by atoms with van der Waals surface area (Å²) in [5.41, 5.74) is 9.35. The third-order valence-electron chi connectivity index (χ3n) is 6.20. The number of pyridine rings is 1. The smallest absolute Gasteiger partial charge is 0.0486 e. The molecule has 0 unspecified atom stereocenters. The Kier molecular flexibility index (Phi) is 5.11. The molecule has 0 amide bonds. The molecule has 0 radical (unpaired) electrons. The zero-order chi connectivity index (χ0) is 20.7. The number of nitrogens with zero attached hydrogens (tertiary/aromatic N) is 3. The van der Waals surface area contributed by atoms with Gasteiger partial charge in [-0.15, -0.1) is 0 Å². The molecule has 3 heterocycles. The lowest BCUT2D eigenvalue weighted by molar-refractivity contribution is 0.636. The van der Waals surface area contributed by atoms with Crippen LogP contribution < -0.4 is 4.90 Å². The quantitative estimate of drug-likeness (QED) is 0.361. The highest BCUT2D eigenvalue weighted by Crippen LogP contribution is 2.34. The maximum Gasteiger partial charge on any atom is 0.0486 e. The van der Waals surface area contributed by atoms with Gasteiger partial charge in [0.25, 0.3) is 0 Å². The van der Waals surface area contributed by atoms with E-state index in [0.717, 1.165) is 42.6 Å². The molecule has 0 N–H and O–H groups in total. The number of halogens is 1. The van der Waals surface area contributed by atoms with Crippen LogP contribution in [0.3, 0.4) is 0 Å². The van der Waals surface area contributed by atoms with Gasteiger partial charge in [0.2, 0.25) is 0 Å². The van der Waals surface area contributed by atoms with Gasteiger partial charge in [-0.05, 0) is 68.3 Å². The first kappa shape index (κ1) is 19.4. The first-order valence-corrected chi connectivity index (χ1v) is 11.4. The number of anilines is 1. The van der Waals surface area contributed by atoms with Gasteiger partial charge in [-0.1, -0.05) is 33.6 Å². The van der Waals surface area contributed by atoms with E-state index in [-0.39, 0.29) is 0 Å². The SMILES string of the molecule is Cc1ccc2c(c1)c1c(n2CCc2ccc(C)nc2)CCN(c2ccc(Br)cc2)C1. The monoisotopic (exact) mass is 459 g/mol.